The van der Waals surface area contributed by atoms with E-state index >= 15 is 0 Å². The van der Waals surface area contributed by atoms with Crippen molar-refractivity contribution >= 4 is 23.6 Å². The van der Waals surface area contributed by atoms with Crippen molar-refractivity contribution in [2.45, 2.75) is 33.0 Å². The molecule has 3 heterocycles. The Morgan fingerprint density at radius 3 is 2.35 bits per heavy atom. The summed E-state index contributed by atoms with van der Waals surface area (Å²) in [6.07, 6.45) is 2.60. The minimum atomic E-state index is -1.15. The highest BCUT2D eigenvalue weighted by Gasteiger charge is 2.26. The second kappa shape index (κ2) is 10.8. The lowest BCUT2D eigenvalue weighted by atomic mass is 10.1. The van der Waals surface area contributed by atoms with E-state index in [0.717, 1.165) is 6.07 Å². The quantitative estimate of drug-likeness (QED) is 0.466. The van der Waals surface area contributed by atoms with E-state index in [-0.39, 0.29) is 40.6 Å². The van der Waals surface area contributed by atoms with Crippen LogP contribution in [0.15, 0.2) is 36.7 Å². The lowest BCUT2D eigenvalue weighted by Gasteiger charge is -2.35. The van der Waals surface area contributed by atoms with Crippen molar-refractivity contribution in [2.75, 3.05) is 31.1 Å². The van der Waals surface area contributed by atoms with Crippen LogP contribution in [0.5, 0.6) is 11.6 Å². The van der Waals surface area contributed by atoms with E-state index in [2.05, 4.69) is 15.0 Å². The van der Waals surface area contributed by atoms with Crippen LogP contribution in [0.25, 0.3) is 11.3 Å². The summed E-state index contributed by atoms with van der Waals surface area (Å²) in [5, 5.41) is 9.25. The van der Waals surface area contributed by atoms with Crippen molar-refractivity contribution in [1.82, 2.24) is 19.9 Å². The van der Waals surface area contributed by atoms with E-state index in [1.807, 2.05) is 25.7 Å². The first-order chi connectivity index (χ1) is 17.5. The van der Waals surface area contributed by atoms with Crippen LogP contribution in [0.3, 0.4) is 0 Å². The van der Waals surface area contributed by atoms with Crippen molar-refractivity contribution < 1.29 is 28.2 Å². The lowest BCUT2D eigenvalue weighted by Crippen LogP contribution is -2.50. The molecular formula is C25H26ClF2N5O4. The number of nitrogens with zero attached hydrogens (tertiary/aromatic N) is 5. The standard InChI is InChI=1S/C25H26ClF2N5O4/c1-25(2,3)37-24(35)33-6-4-32(5-7-33)23-29-12-17(13-30-23)36-21-9-15(14-34)8-20(31-21)16-10-18(26)22(28)19(27)11-16/h8-13,34H,4-7,14H2,1-3H3. The van der Waals surface area contributed by atoms with Crippen LogP contribution in [-0.4, -0.2) is 62.8 Å². The first-order valence-corrected chi connectivity index (χ1v) is 11.9. The van der Waals surface area contributed by atoms with Crippen LogP contribution in [0, 0.1) is 11.6 Å². The Bertz CT molecular complexity index is 1260. The highest BCUT2D eigenvalue weighted by molar-refractivity contribution is 6.31. The van der Waals surface area contributed by atoms with Gasteiger partial charge in [0.2, 0.25) is 11.8 Å². The van der Waals surface area contributed by atoms with Crippen molar-refractivity contribution in [1.29, 1.82) is 0 Å². The lowest BCUT2D eigenvalue weighted by molar-refractivity contribution is 0.0240. The van der Waals surface area contributed by atoms with Crippen LogP contribution in [0.4, 0.5) is 19.5 Å². The van der Waals surface area contributed by atoms with Gasteiger partial charge in [-0.05, 0) is 44.5 Å². The summed E-state index contributed by atoms with van der Waals surface area (Å²) in [4.78, 5) is 28.9. The predicted octanol–water partition coefficient (Wildman–Crippen LogP) is 4.81. The van der Waals surface area contributed by atoms with Gasteiger partial charge in [0.15, 0.2) is 17.4 Å². The molecule has 0 atom stereocenters. The average molecular weight is 534 g/mol. The fraction of sp³-hybridized carbons (Fsp3) is 0.360. The second-order valence-corrected chi connectivity index (χ2v) is 9.79. The van der Waals surface area contributed by atoms with Crippen molar-refractivity contribution in [3.05, 3.63) is 58.9 Å². The number of aliphatic hydroxyl groups is 1. The van der Waals surface area contributed by atoms with Crippen LogP contribution < -0.4 is 9.64 Å². The maximum atomic E-state index is 13.9. The maximum Gasteiger partial charge on any atom is 0.410 e. The number of hydrogen-bond donors (Lipinski definition) is 1. The molecule has 4 rings (SSSR count). The first kappa shape index (κ1) is 26.5. The van der Waals surface area contributed by atoms with Crippen molar-refractivity contribution in [3.63, 3.8) is 0 Å². The molecule has 1 amide bonds. The number of anilines is 1. The molecule has 12 heteroatoms. The zero-order chi connectivity index (χ0) is 26.7. The van der Waals surface area contributed by atoms with Gasteiger partial charge in [0.25, 0.3) is 0 Å². The molecule has 1 aliphatic rings. The number of halogens is 3. The Balaban J connectivity index is 1.44. The smallest absolute Gasteiger partial charge is 0.410 e. The van der Waals surface area contributed by atoms with Gasteiger partial charge in [0, 0.05) is 37.8 Å². The van der Waals surface area contributed by atoms with Crippen LogP contribution in [0.1, 0.15) is 26.3 Å². The Labute approximate surface area is 217 Å². The van der Waals surface area contributed by atoms with Crippen LogP contribution in [-0.2, 0) is 11.3 Å². The number of carbonyl (C=O) groups excluding carboxylic acids is 1. The van der Waals surface area contributed by atoms with E-state index in [0.29, 0.717) is 37.7 Å². The fourth-order valence-electron chi connectivity index (χ4n) is 3.62. The molecule has 9 nitrogen and oxygen atoms in total. The number of amides is 1. The number of aromatic nitrogens is 3. The van der Waals surface area contributed by atoms with Gasteiger partial charge in [-0.15, -0.1) is 0 Å². The SMILES string of the molecule is CC(C)(C)OC(=O)N1CCN(c2ncc(Oc3cc(CO)cc(-c4cc(F)c(F)c(Cl)c4)n3)cn2)CC1. The van der Waals surface area contributed by atoms with Gasteiger partial charge < -0.3 is 24.4 Å². The van der Waals surface area contributed by atoms with E-state index in [9.17, 15) is 18.7 Å². The van der Waals surface area contributed by atoms with Gasteiger partial charge in [-0.3, -0.25) is 0 Å². The molecule has 0 radical (unpaired) electrons. The van der Waals surface area contributed by atoms with E-state index < -0.39 is 17.2 Å². The monoisotopic (exact) mass is 533 g/mol. The third-order valence-corrected chi connectivity index (χ3v) is 5.65. The molecule has 0 spiro atoms. The summed E-state index contributed by atoms with van der Waals surface area (Å²) in [6, 6.07) is 5.24. The third-order valence-electron chi connectivity index (χ3n) is 5.37. The molecule has 2 aromatic heterocycles. The number of rotatable bonds is 5. The van der Waals surface area contributed by atoms with Gasteiger partial charge >= 0.3 is 6.09 Å². The van der Waals surface area contributed by atoms with Gasteiger partial charge in [-0.1, -0.05) is 11.6 Å². The molecule has 1 N–H and O–H groups in total. The molecule has 196 valence electrons. The summed E-state index contributed by atoms with van der Waals surface area (Å²) in [7, 11) is 0. The normalized spacial score (nSPS) is 14.0. The molecule has 1 aliphatic heterocycles. The van der Waals surface area contributed by atoms with E-state index in [4.69, 9.17) is 21.1 Å². The second-order valence-electron chi connectivity index (χ2n) is 9.39. The molecule has 0 aliphatic carbocycles. The largest absolute Gasteiger partial charge is 0.444 e. The van der Waals surface area contributed by atoms with E-state index in [1.165, 1.54) is 30.6 Å². The van der Waals surface area contributed by atoms with Crippen molar-refractivity contribution in [3.8, 4) is 22.9 Å². The molecule has 0 unspecified atom stereocenters. The molecule has 1 aromatic carbocycles. The summed E-state index contributed by atoms with van der Waals surface area (Å²) in [6.45, 7) is 7.19. The minimum Gasteiger partial charge on any atom is -0.444 e. The number of hydrogen-bond acceptors (Lipinski definition) is 8. The maximum absolute atomic E-state index is 13.9. The summed E-state index contributed by atoms with van der Waals surface area (Å²) in [5.74, 6) is -1.40. The topological polar surface area (TPSA) is 101 Å². The number of carbonyl (C=O) groups is 1. The van der Waals surface area contributed by atoms with Crippen LogP contribution in [0.2, 0.25) is 5.02 Å². The molecule has 0 bridgehead atoms. The molecule has 0 saturated carbocycles. The van der Waals surface area contributed by atoms with E-state index in [1.54, 1.807) is 4.90 Å². The molecule has 37 heavy (non-hydrogen) atoms. The zero-order valence-corrected chi connectivity index (χ0v) is 21.3. The molecule has 1 saturated heterocycles. The summed E-state index contributed by atoms with van der Waals surface area (Å²) in [5.41, 5.74) is 0.354. The van der Waals surface area contributed by atoms with Gasteiger partial charge in [-0.2, -0.15) is 0 Å². The minimum absolute atomic E-state index is 0.102. The van der Waals surface area contributed by atoms with Gasteiger partial charge in [-0.25, -0.2) is 28.5 Å². The van der Waals surface area contributed by atoms with Crippen LogP contribution >= 0.6 is 11.6 Å². The van der Waals surface area contributed by atoms with Gasteiger partial charge in [0.1, 0.15) is 5.60 Å². The Morgan fingerprint density at radius 2 is 1.76 bits per heavy atom. The molecule has 3 aromatic rings. The molecule has 1 fully saturated rings. The summed E-state index contributed by atoms with van der Waals surface area (Å²) < 4.78 is 38.6. The summed E-state index contributed by atoms with van der Waals surface area (Å²) >= 11 is 5.77. The number of pyridine rings is 1. The number of benzene rings is 1. The zero-order valence-electron chi connectivity index (χ0n) is 20.5. The van der Waals surface area contributed by atoms with Gasteiger partial charge in [0.05, 0.1) is 29.7 Å². The number of ether oxygens (including phenoxy) is 2. The highest BCUT2D eigenvalue weighted by atomic mass is 35.5. The van der Waals surface area contributed by atoms with Crippen molar-refractivity contribution in [2.24, 2.45) is 0 Å². The Hall–Kier alpha value is -3.57. The molecular weight excluding hydrogens is 508 g/mol. The highest BCUT2D eigenvalue weighted by Crippen LogP contribution is 2.30. The number of piperazine rings is 1. The third kappa shape index (κ3) is 6.60. The number of aliphatic hydroxyl groups excluding tert-OH is 1. The predicted molar refractivity (Wildman–Crippen MR) is 133 cm³/mol. The Morgan fingerprint density at radius 1 is 1.08 bits per heavy atom. The average Bonchev–Trinajstić information content (AvgIpc) is 2.86. The first-order valence-electron chi connectivity index (χ1n) is 11.5. The fourth-order valence-corrected chi connectivity index (χ4v) is 3.82. The Kier molecular flexibility index (Phi) is 7.74.